The van der Waals surface area contributed by atoms with Crippen molar-refractivity contribution < 1.29 is 0 Å². The Kier molecular flexibility index (Phi) is 2.72. The van der Waals surface area contributed by atoms with Crippen LogP contribution in [0.15, 0.2) is 0 Å². The summed E-state index contributed by atoms with van der Waals surface area (Å²) >= 11 is 0. The Hall–Kier alpha value is -0.0400. The summed E-state index contributed by atoms with van der Waals surface area (Å²) in [6.45, 7) is 8.05. The molecule has 0 radical (unpaired) electrons. The van der Waals surface area contributed by atoms with Crippen LogP contribution >= 0.6 is 0 Å². The van der Waals surface area contributed by atoms with Crippen molar-refractivity contribution in [1.82, 2.24) is 5.32 Å². The van der Waals surface area contributed by atoms with E-state index in [1.165, 1.54) is 19.4 Å². The first-order valence-corrected chi connectivity index (χ1v) is 4.49. The third kappa shape index (κ3) is 1.98. The Labute approximate surface area is 64.2 Å². The lowest BCUT2D eigenvalue weighted by atomic mass is 10.2. The van der Waals surface area contributed by atoms with Crippen LogP contribution in [-0.2, 0) is 0 Å². The summed E-state index contributed by atoms with van der Waals surface area (Å²) in [4.78, 5) is 0. The molecule has 10 heavy (non-hydrogen) atoms. The van der Waals surface area contributed by atoms with Crippen LogP contribution in [0, 0.1) is 11.8 Å². The first-order chi connectivity index (χ1) is 4.75. The quantitative estimate of drug-likeness (QED) is 0.631. The van der Waals surface area contributed by atoms with Gasteiger partial charge in [-0.1, -0.05) is 13.8 Å². The number of hydrogen-bond donors (Lipinski definition) is 1. The van der Waals surface area contributed by atoms with Gasteiger partial charge in [-0.05, 0) is 38.1 Å². The molecule has 60 valence electrons. The fourth-order valence-corrected chi connectivity index (χ4v) is 1.57. The van der Waals surface area contributed by atoms with Crippen molar-refractivity contribution in [2.45, 2.75) is 39.7 Å². The zero-order valence-corrected chi connectivity index (χ0v) is 7.35. The van der Waals surface area contributed by atoms with Gasteiger partial charge in [0.1, 0.15) is 0 Å². The first-order valence-electron chi connectivity index (χ1n) is 4.49. The van der Waals surface area contributed by atoms with E-state index >= 15 is 0 Å². The largest absolute Gasteiger partial charge is 0.314 e. The van der Waals surface area contributed by atoms with Gasteiger partial charge in [0, 0.05) is 6.04 Å². The molecule has 1 aliphatic rings. The molecule has 0 spiro atoms. The van der Waals surface area contributed by atoms with E-state index < -0.39 is 0 Å². The standard InChI is InChI=1S/C9H19N/c1-4-5-10-8(3)9-6-7(9)2/h7-10H,4-6H2,1-3H3/t7-,8-,9?/m1/s1. The molecular formula is C9H19N. The molecule has 1 unspecified atom stereocenters. The van der Waals surface area contributed by atoms with Crippen LogP contribution in [0.2, 0.25) is 0 Å². The second kappa shape index (κ2) is 3.38. The summed E-state index contributed by atoms with van der Waals surface area (Å²) in [5.74, 6) is 1.96. The van der Waals surface area contributed by atoms with E-state index in [-0.39, 0.29) is 0 Å². The van der Waals surface area contributed by atoms with Gasteiger partial charge in [0.05, 0.1) is 0 Å². The molecule has 0 aliphatic heterocycles. The van der Waals surface area contributed by atoms with Gasteiger partial charge in [0.25, 0.3) is 0 Å². The lowest BCUT2D eigenvalue weighted by Crippen LogP contribution is -2.28. The highest BCUT2D eigenvalue weighted by Crippen LogP contribution is 2.40. The number of rotatable bonds is 4. The SMILES string of the molecule is CCCN[C@H](C)C1C[C@H]1C. The van der Waals surface area contributed by atoms with E-state index in [4.69, 9.17) is 0 Å². The summed E-state index contributed by atoms with van der Waals surface area (Å²) < 4.78 is 0. The van der Waals surface area contributed by atoms with E-state index in [0.717, 1.165) is 17.9 Å². The summed E-state index contributed by atoms with van der Waals surface area (Å²) in [5.41, 5.74) is 0. The van der Waals surface area contributed by atoms with Gasteiger partial charge in [-0.15, -0.1) is 0 Å². The maximum absolute atomic E-state index is 3.52. The molecule has 1 aliphatic carbocycles. The fraction of sp³-hybridized carbons (Fsp3) is 1.00. The molecule has 0 heterocycles. The smallest absolute Gasteiger partial charge is 0.00696 e. The summed E-state index contributed by atoms with van der Waals surface area (Å²) in [6, 6.07) is 0.759. The van der Waals surface area contributed by atoms with Crippen molar-refractivity contribution >= 4 is 0 Å². The maximum Gasteiger partial charge on any atom is 0.00696 e. The summed E-state index contributed by atoms with van der Waals surface area (Å²) in [7, 11) is 0. The van der Waals surface area contributed by atoms with Gasteiger partial charge >= 0.3 is 0 Å². The lowest BCUT2D eigenvalue weighted by Gasteiger charge is -2.11. The van der Waals surface area contributed by atoms with E-state index in [9.17, 15) is 0 Å². The van der Waals surface area contributed by atoms with E-state index in [0.29, 0.717) is 0 Å². The van der Waals surface area contributed by atoms with E-state index in [1.807, 2.05) is 0 Å². The molecular weight excluding hydrogens is 122 g/mol. The minimum Gasteiger partial charge on any atom is -0.314 e. The van der Waals surface area contributed by atoms with Crippen molar-refractivity contribution in [3.8, 4) is 0 Å². The Morgan fingerprint density at radius 2 is 2.20 bits per heavy atom. The monoisotopic (exact) mass is 141 g/mol. The van der Waals surface area contributed by atoms with Crippen LogP contribution in [-0.4, -0.2) is 12.6 Å². The van der Waals surface area contributed by atoms with E-state index in [2.05, 4.69) is 26.1 Å². The molecule has 1 N–H and O–H groups in total. The average molecular weight is 141 g/mol. The van der Waals surface area contributed by atoms with Gasteiger partial charge in [-0.25, -0.2) is 0 Å². The second-order valence-electron chi connectivity index (χ2n) is 3.62. The molecule has 1 heteroatoms. The predicted octanol–water partition coefficient (Wildman–Crippen LogP) is 2.03. The van der Waals surface area contributed by atoms with Crippen molar-refractivity contribution in [3.63, 3.8) is 0 Å². The van der Waals surface area contributed by atoms with Crippen molar-refractivity contribution in [2.24, 2.45) is 11.8 Å². The minimum atomic E-state index is 0.759. The highest BCUT2D eigenvalue weighted by Gasteiger charge is 2.36. The molecule has 3 atom stereocenters. The zero-order valence-electron chi connectivity index (χ0n) is 7.35. The van der Waals surface area contributed by atoms with Crippen LogP contribution in [0.4, 0.5) is 0 Å². The zero-order chi connectivity index (χ0) is 7.56. The molecule has 1 fully saturated rings. The maximum atomic E-state index is 3.52. The third-order valence-electron chi connectivity index (χ3n) is 2.53. The second-order valence-corrected chi connectivity index (χ2v) is 3.62. The molecule has 1 nitrogen and oxygen atoms in total. The molecule has 0 bridgehead atoms. The molecule has 0 aromatic carbocycles. The highest BCUT2D eigenvalue weighted by atomic mass is 14.9. The van der Waals surface area contributed by atoms with Crippen LogP contribution < -0.4 is 5.32 Å². The molecule has 1 rings (SSSR count). The van der Waals surface area contributed by atoms with Gasteiger partial charge in [-0.3, -0.25) is 0 Å². The Morgan fingerprint density at radius 3 is 2.60 bits per heavy atom. The fourth-order valence-electron chi connectivity index (χ4n) is 1.57. The van der Waals surface area contributed by atoms with Crippen LogP contribution in [0.3, 0.4) is 0 Å². The number of nitrogens with one attached hydrogen (secondary N) is 1. The highest BCUT2D eigenvalue weighted by molar-refractivity contribution is 4.89. The molecule has 1 saturated carbocycles. The predicted molar refractivity (Wildman–Crippen MR) is 45.0 cm³/mol. The third-order valence-corrected chi connectivity index (χ3v) is 2.53. The van der Waals surface area contributed by atoms with Crippen molar-refractivity contribution in [1.29, 1.82) is 0 Å². The van der Waals surface area contributed by atoms with Crippen LogP contribution in [0.1, 0.15) is 33.6 Å². The Bertz CT molecular complexity index is 101. The van der Waals surface area contributed by atoms with Gasteiger partial charge in [0.2, 0.25) is 0 Å². The summed E-state index contributed by atoms with van der Waals surface area (Å²) in [5, 5.41) is 3.52. The topological polar surface area (TPSA) is 12.0 Å². The molecule has 0 aromatic heterocycles. The minimum absolute atomic E-state index is 0.759. The Balaban J connectivity index is 2.04. The van der Waals surface area contributed by atoms with Gasteiger partial charge < -0.3 is 5.32 Å². The molecule has 0 amide bonds. The molecule has 0 aromatic rings. The van der Waals surface area contributed by atoms with Crippen molar-refractivity contribution in [2.75, 3.05) is 6.54 Å². The van der Waals surface area contributed by atoms with Crippen molar-refractivity contribution in [3.05, 3.63) is 0 Å². The first kappa shape index (κ1) is 8.06. The van der Waals surface area contributed by atoms with Crippen LogP contribution in [0.25, 0.3) is 0 Å². The Morgan fingerprint density at radius 1 is 1.60 bits per heavy atom. The lowest BCUT2D eigenvalue weighted by molar-refractivity contribution is 0.478. The van der Waals surface area contributed by atoms with Gasteiger partial charge in [0.15, 0.2) is 0 Å². The van der Waals surface area contributed by atoms with E-state index in [1.54, 1.807) is 0 Å². The molecule has 0 saturated heterocycles. The number of hydrogen-bond acceptors (Lipinski definition) is 1. The average Bonchev–Trinajstić information content (AvgIpc) is 2.62. The normalized spacial score (nSPS) is 33.9. The van der Waals surface area contributed by atoms with Gasteiger partial charge in [-0.2, -0.15) is 0 Å². The summed E-state index contributed by atoms with van der Waals surface area (Å²) in [6.07, 6.45) is 2.70. The van der Waals surface area contributed by atoms with Crippen LogP contribution in [0.5, 0.6) is 0 Å².